The number of ether oxygens (including phenoxy) is 1. The van der Waals surface area contributed by atoms with E-state index in [1.165, 1.54) is 12.1 Å². The molecule has 9 heteroatoms. The number of aliphatic hydroxyl groups is 2. The van der Waals surface area contributed by atoms with E-state index in [1.807, 2.05) is 36.4 Å². The van der Waals surface area contributed by atoms with Gasteiger partial charge in [0.2, 0.25) is 0 Å². The van der Waals surface area contributed by atoms with Crippen molar-refractivity contribution < 1.29 is 24.7 Å². The van der Waals surface area contributed by atoms with Crippen LogP contribution in [0.4, 0.5) is 10.5 Å². The maximum atomic E-state index is 12.2. The number of alkyl carbamates (subject to hydrolysis) is 1. The third-order valence-electron chi connectivity index (χ3n) is 5.93. The van der Waals surface area contributed by atoms with Crippen molar-refractivity contribution >= 4 is 23.4 Å². The molecule has 3 aromatic carbocycles. The Bertz CT molecular complexity index is 1170. The number of nitro groups is 1. The van der Waals surface area contributed by atoms with Crippen LogP contribution in [0.15, 0.2) is 66.7 Å². The zero-order chi connectivity index (χ0) is 24.2. The highest BCUT2D eigenvalue weighted by Crippen LogP contribution is 2.44. The molecule has 176 valence electrons. The predicted molar refractivity (Wildman–Crippen MR) is 127 cm³/mol. The number of non-ortho nitro benzene ring substituents is 1. The molecular formula is C25H23ClN2O6. The molecule has 0 saturated heterocycles. The first-order valence-electron chi connectivity index (χ1n) is 10.8. The van der Waals surface area contributed by atoms with Gasteiger partial charge in [0.1, 0.15) is 12.7 Å². The van der Waals surface area contributed by atoms with Gasteiger partial charge in [-0.1, -0.05) is 60.1 Å². The van der Waals surface area contributed by atoms with Crippen LogP contribution in [0.1, 0.15) is 35.1 Å². The number of fused-ring (bicyclic) bond motifs is 3. The van der Waals surface area contributed by atoms with Crippen molar-refractivity contribution in [3.8, 4) is 11.1 Å². The Kier molecular flexibility index (Phi) is 7.12. The fourth-order valence-electron chi connectivity index (χ4n) is 4.21. The number of nitrogens with one attached hydrogen (secondary N) is 1. The van der Waals surface area contributed by atoms with Crippen LogP contribution in [0.25, 0.3) is 11.1 Å². The average Bonchev–Trinajstić information content (AvgIpc) is 3.16. The highest BCUT2D eigenvalue weighted by Gasteiger charge is 2.29. The topological polar surface area (TPSA) is 122 Å². The molecule has 1 aliphatic carbocycles. The van der Waals surface area contributed by atoms with E-state index in [0.29, 0.717) is 0 Å². The van der Waals surface area contributed by atoms with E-state index in [1.54, 1.807) is 0 Å². The number of amides is 1. The predicted octanol–water partition coefficient (Wildman–Crippen LogP) is 4.57. The maximum absolute atomic E-state index is 12.2. The highest BCUT2D eigenvalue weighted by atomic mass is 35.5. The molecule has 0 spiro atoms. The standard InChI is InChI=1S/C25H23ClN2O6/c26-22-13-15(28(32)33)9-10-20(22)24(30)23(29)11-12-27-25(31)34-14-21-18-7-3-1-5-16(18)17-6-2-4-8-19(17)21/h1-10,13,21,23-24,29-30H,11-12,14H2,(H,27,31). The van der Waals surface area contributed by atoms with Gasteiger partial charge >= 0.3 is 6.09 Å². The second-order valence-corrected chi connectivity index (χ2v) is 8.42. The van der Waals surface area contributed by atoms with Crippen molar-refractivity contribution in [1.29, 1.82) is 0 Å². The Morgan fingerprint density at radius 1 is 1.06 bits per heavy atom. The Morgan fingerprint density at radius 3 is 2.26 bits per heavy atom. The molecule has 2 atom stereocenters. The van der Waals surface area contributed by atoms with Crippen molar-refractivity contribution in [1.82, 2.24) is 5.32 Å². The minimum Gasteiger partial charge on any atom is -0.449 e. The van der Waals surface area contributed by atoms with Gasteiger partial charge in [-0.15, -0.1) is 0 Å². The molecule has 0 radical (unpaired) electrons. The van der Waals surface area contributed by atoms with Gasteiger partial charge in [0, 0.05) is 30.2 Å². The van der Waals surface area contributed by atoms with Gasteiger partial charge in [0.05, 0.1) is 16.0 Å². The molecule has 0 bridgehead atoms. The largest absolute Gasteiger partial charge is 0.449 e. The first-order chi connectivity index (χ1) is 16.4. The number of benzene rings is 3. The highest BCUT2D eigenvalue weighted by molar-refractivity contribution is 6.31. The summed E-state index contributed by atoms with van der Waals surface area (Å²) in [6.07, 6.45) is -3.21. The summed E-state index contributed by atoms with van der Waals surface area (Å²) < 4.78 is 5.44. The van der Waals surface area contributed by atoms with Gasteiger partial charge in [-0.3, -0.25) is 10.1 Å². The molecular weight excluding hydrogens is 460 g/mol. The SMILES string of the molecule is O=C(NCCC(O)C(O)c1ccc([N+](=O)[O-])cc1Cl)OCC1c2ccccc2-c2ccccc21. The number of halogens is 1. The van der Waals surface area contributed by atoms with Gasteiger partial charge in [0.25, 0.3) is 5.69 Å². The van der Waals surface area contributed by atoms with Crippen molar-refractivity contribution in [2.75, 3.05) is 13.2 Å². The van der Waals surface area contributed by atoms with E-state index >= 15 is 0 Å². The van der Waals surface area contributed by atoms with Crippen LogP contribution in [0, 0.1) is 10.1 Å². The van der Waals surface area contributed by atoms with Crippen molar-refractivity contribution in [2.24, 2.45) is 0 Å². The monoisotopic (exact) mass is 482 g/mol. The summed E-state index contributed by atoms with van der Waals surface area (Å²) in [6, 6.07) is 19.7. The molecule has 2 unspecified atom stereocenters. The third kappa shape index (κ3) is 4.89. The smallest absolute Gasteiger partial charge is 0.407 e. The minimum absolute atomic E-state index is 0.0229. The van der Waals surface area contributed by atoms with Crippen LogP contribution in [0.5, 0.6) is 0 Å². The molecule has 0 saturated carbocycles. The second kappa shape index (κ2) is 10.2. The maximum Gasteiger partial charge on any atom is 0.407 e. The average molecular weight is 483 g/mol. The van der Waals surface area contributed by atoms with Gasteiger partial charge in [-0.25, -0.2) is 4.79 Å². The van der Waals surface area contributed by atoms with Gasteiger partial charge in [-0.2, -0.15) is 0 Å². The van der Waals surface area contributed by atoms with Gasteiger partial charge in [0.15, 0.2) is 0 Å². The number of hydrogen-bond donors (Lipinski definition) is 3. The van der Waals surface area contributed by atoms with Gasteiger partial charge in [-0.05, 0) is 34.7 Å². The Hall–Kier alpha value is -3.46. The molecule has 1 aliphatic rings. The lowest BCUT2D eigenvalue weighted by Gasteiger charge is -2.19. The summed E-state index contributed by atoms with van der Waals surface area (Å²) in [5.41, 5.74) is 4.43. The summed E-state index contributed by atoms with van der Waals surface area (Å²) in [6.45, 7) is 0.225. The molecule has 34 heavy (non-hydrogen) atoms. The van der Waals surface area contributed by atoms with Crippen LogP contribution in [0.3, 0.4) is 0 Å². The van der Waals surface area contributed by atoms with E-state index in [9.17, 15) is 25.1 Å². The third-order valence-corrected chi connectivity index (χ3v) is 6.26. The molecule has 0 fully saturated rings. The molecule has 0 aliphatic heterocycles. The number of hydrogen-bond acceptors (Lipinski definition) is 6. The lowest BCUT2D eigenvalue weighted by molar-refractivity contribution is -0.384. The van der Waals surface area contributed by atoms with Crippen LogP contribution < -0.4 is 5.32 Å². The van der Waals surface area contributed by atoms with Crippen LogP contribution in [0.2, 0.25) is 5.02 Å². The lowest BCUT2D eigenvalue weighted by atomic mass is 9.98. The fraction of sp³-hybridized carbons (Fsp3) is 0.240. The number of rotatable bonds is 8. The Morgan fingerprint density at radius 2 is 1.68 bits per heavy atom. The lowest BCUT2D eigenvalue weighted by Crippen LogP contribution is -2.30. The summed E-state index contributed by atoms with van der Waals surface area (Å²) in [5, 5.41) is 34.0. The number of carbonyl (C=O) groups is 1. The molecule has 1 amide bonds. The quantitative estimate of drug-likeness (QED) is 0.319. The van der Waals surface area contributed by atoms with Crippen molar-refractivity contribution in [3.05, 3.63) is 98.6 Å². The van der Waals surface area contributed by atoms with E-state index in [0.717, 1.165) is 28.3 Å². The molecule has 4 rings (SSSR count). The van der Waals surface area contributed by atoms with E-state index in [4.69, 9.17) is 16.3 Å². The molecule has 0 heterocycles. The molecule has 0 aromatic heterocycles. The van der Waals surface area contributed by atoms with Crippen LogP contribution >= 0.6 is 11.6 Å². The Labute approximate surface area is 200 Å². The molecule has 8 nitrogen and oxygen atoms in total. The van der Waals surface area contributed by atoms with E-state index in [2.05, 4.69) is 17.4 Å². The summed E-state index contributed by atoms with van der Waals surface area (Å²) in [7, 11) is 0. The number of carbonyl (C=O) groups excluding carboxylic acids is 1. The minimum atomic E-state index is -1.36. The summed E-state index contributed by atoms with van der Waals surface area (Å²) >= 11 is 6.01. The van der Waals surface area contributed by atoms with Gasteiger partial charge < -0.3 is 20.3 Å². The van der Waals surface area contributed by atoms with Crippen LogP contribution in [-0.2, 0) is 4.74 Å². The normalized spacial score (nSPS) is 14.1. The number of aliphatic hydroxyl groups excluding tert-OH is 2. The first-order valence-corrected chi connectivity index (χ1v) is 11.1. The molecule has 3 N–H and O–H groups in total. The molecule has 3 aromatic rings. The van der Waals surface area contributed by atoms with Crippen molar-refractivity contribution in [3.63, 3.8) is 0 Å². The van der Waals surface area contributed by atoms with Crippen LogP contribution in [-0.4, -0.2) is 40.5 Å². The second-order valence-electron chi connectivity index (χ2n) is 8.02. The van der Waals surface area contributed by atoms with E-state index < -0.39 is 23.2 Å². The number of nitro benzene ring substituents is 1. The fourth-order valence-corrected chi connectivity index (χ4v) is 4.49. The first kappa shape index (κ1) is 23.7. The van der Waals surface area contributed by atoms with E-state index in [-0.39, 0.29) is 41.8 Å². The van der Waals surface area contributed by atoms with Crippen molar-refractivity contribution in [2.45, 2.75) is 24.5 Å². The number of nitrogens with zero attached hydrogens (tertiary/aromatic N) is 1. The summed E-state index contributed by atoms with van der Waals surface area (Å²) in [4.78, 5) is 22.5. The summed E-state index contributed by atoms with van der Waals surface area (Å²) in [5.74, 6) is -0.0603. The zero-order valence-electron chi connectivity index (χ0n) is 18.1. The Balaban J connectivity index is 1.28. The zero-order valence-corrected chi connectivity index (χ0v) is 18.8.